The second kappa shape index (κ2) is 6.03. The fourth-order valence-corrected chi connectivity index (χ4v) is 3.27. The van der Waals surface area contributed by atoms with Gasteiger partial charge in [0.1, 0.15) is 0 Å². The highest BCUT2D eigenvalue weighted by molar-refractivity contribution is 4.87. The Balaban J connectivity index is 1.42. The van der Waals surface area contributed by atoms with Gasteiger partial charge in [-0.2, -0.15) is 5.10 Å². The van der Waals surface area contributed by atoms with Crippen LogP contribution in [0.3, 0.4) is 0 Å². The van der Waals surface area contributed by atoms with Crippen molar-refractivity contribution in [2.24, 2.45) is 5.73 Å². The van der Waals surface area contributed by atoms with Gasteiger partial charge in [-0.25, -0.2) is 0 Å². The summed E-state index contributed by atoms with van der Waals surface area (Å²) in [6, 6.07) is 3.18. The molecule has 0 radical (unpaired) electrons. The van der Waals surface area contributed by atoms with Gasteiger partial charge in [0, 0.05) is 37.6 Å². The molecule has 1 aromatic heterocycles. The van der Waals surface area contributed by atoms with E-state index in [1.54, 1.807) is 0 Å². The van der Waals surface area contributed by atoms with Gasteiger partial charge in [-0.1, -0.05) is 0 Å². The van der Waals surface area contributed by atoms with Crippen LogP contribution in [-0.2, 0) is 6.54 Å². The SMILES string of the molecule is NC1CCN(C2CCN(CCn3cccn3)C2)CC1. The Morgan fingerprint density at radius 3 is 2.68 bits per heavy atom. The summed E-state index contributed by atoms with van der Waals surface area (Å²) in [5.41, 5.74) is 5.98. The summed E-state index contributed by atoms with van der Waals surface area (Å²) in [4.78, 5) is 5.22. The van der Waals surface area contributed by atoms with Crippen LogP contribution < -0.4 is 5.73 Å². The maximum Gasteiger partial charge on any atom is 0.0536 e. The predicted octanol–water partition coefficient (Wildman–Crippen LogP) is 0.380. The molecule has 2 aliphatic heterocycles. The standard InChI is InChI=1S/C14H25N5/c15-13-2-8-18(9-3-13)14-4-7-17(12-14)10-11-19-6-1-5-16-19/h1,5-6,13-14H,2-4,7-12,15H2. The first-order valence-corrected chi connectivity index (χ1v) is 7.50. The third kappa shape index (κ3) is 3.35. The third-order valence-corrected chi connectivity index (χ3v) is 4.54. The molecule has 0 spiro atoms. The average molecular weight is 263 g/mol. The number of aromatic nitrogens is 2. The zero-order valence-corrected chi connectivity index (χ0v) is 11.6. The molecule has 1 aromatic rings. The molecule has 106 valence electrons. The van der Waals surface area contributed by atoms with Gasteiger partial charge in [0.05, 0.1) is 6.54 Å². The molecule has 0 saturated carbocycles. The summed E-state index contributed by atoms with van der Waals surface area (Å²) >= 11 is 0. The number of nitrogens with two attached hydrogens (primary N) is 1. The Hall–Kier alpha value is -0.910. The molecule has 5 nitrogen and oxygen atoms in total. The number of hydrogen-bond acceptors (Lipinski definition) is 4. The maximum absolute atomic E-state index is 5.98. The molecule has 0 amide bonds. The molecule has 19 heavy (non-hydrogen) atoms. The molecule has 3 heterocycles. The van der Waals surface area contributed by atoms with Crippen molar-refractivity contribution in [2.75, 3.05) is 32.7 Å². The molecule has 0 aliphatic carbocycles. The summed E-state index contributed by atoms with van der Waals surface area (Å²) in [7, 11) is 0. The second-order valence-corrected chi connectivity index (χ2v) is 5.89. The lowest BCUT2D eigenvalue weighted by Crippen LogP contribution is -2.46. The first kappa shape index (κ1) is 13.1. The van der Waals surface area contributed by atoms with Crippen LogP contribution in [0.1, 0.15) is 19.3 Å². The van der Waals surface area contributed by atoms with Crippen LogP contribution in [0.25, 0.3) is 0 Å². The van der Waals surface area contributed by atoms with E-state index in [2.05, 4.69) is 14.9 Å². The van der Waals surface area contributed by atoms with Crippen molar-refractivity contribution >= 4 is 0 Å². The van der Waals surface area contributed by atoms with Crippen molar-refractivity contribution in [1.29, 1.82) is 0 Å². The van der Waals surface area contributed by atoms with E-state index in [4.69, 9.17) is 5.73 Å². The van der Waals surface area contributed by atoms with E-state index in [-0.39, 0.29) is 0 Å². The van der Waals surface area contributed by atoms with Crippen LogP contribution in [0.5, 0.6) is 0 Å². The van der Waals surface area contributed by atoms with E-state index < -0.39 is 0 Å². The first-order valence-electron chi connectivity index (χ1n) is 7.50. The second-order valence-electron chi connectivity index (χ2n) is 5.89. The van der Waals surface area contributed by atoms with Crippen molar-refractivity contribution in [3.05, 3.63) is 18.5 Å². The molecule has 2 saturated heterocycles. The lowest BCUT2D eigenvalue weighted by molar-refractivity contribution is 0.151. The van der Waals surface area contributed by atoms with Crippen LogP contribution in [0.4, 0.5) is 0 Å². The highest BCUT2D eigenvalue weighted by Crippen LogP contribution is 2.19. The summed E-state index contributed by atoms with van der Waals surface area (Å²) < 4.78 is 2.02. The fourth-order valence-electron chi connectivity index (χ4n) is 3.27. The molecule has 1 atom stereocenters. The van der Waals surface area contributed by atoms with E-state index in [0.29, 0.717) is 6.04 Å². The highest BCUT2D eigenvalue weighted by Gasteiger charge is 2.29. The maximum atomic E-state index is 5.98. The minimum Gasteiger partial charge on any atom is -0.328 e. The molecule has 1 unspecified atom stereocenters. The molecular weight excluding hydrogens is 238 g/mol. The molecule has 2 N–H and O–H groups in total. The van der Waals surface area contributed by atoms with Crippen molar-refractivity contribution in [1.82, 2.24) is 19.6 Å². The zero-order chi connectivity index (χ0) is 13.1. The van der Waals surface area contributed by atoms with Gasteiger partial charge >= 0.3 is 0 Å². The minimum atomic E-state index is 0.438. The van der Waals surface area contributed by atoms with E-state index in [0.717, 1.165) is 19.1 Å². The molecule has 3 rings (SSSR count). The number of rotatable bonds is 4. The monoisotopic (exact) mass is 263 g/mol. The largest absolute Gasteiger partial charge is 0.328 e. The smallest absolute Gasteiger partial charge is 0.0536 e. The van der Waals surface area contributed by atoms with Gasteiger partial charge in [0.2, 0.25) is 0 Å². The predicted molar refractivity (Wildman–Crippen MR) is 75.9 cm³/mol. The normalized spacial score (nSPS) is 27.1. The van der Waals surface area contributed by atoms with Crippen LogP contribution in [0, 0.1) is 0 Å². The molecule has 5 heteroatoms. The van der Waals surface area contributed by atoms with Crippen LogP contribution in [-0.4, -0.2) is 64.4 Å². The van der Waals surface area contributed by atoms with E-state index >= 15 is 0 Å². The Morgan fingerprint density at radius 1 is 1.11 bits per heavy atom. The topological polar surface area (TPSA) is 50.3 Å². The summed E-state index contributed by atoms with van der Waals surface area (Å²) in [6.45, 7) is 6.96. The van der Waals surface area contributed by atoms with Crippen LogP contribution >= 0.6 is 0 Å². The number of piperidine rings is 1. The summed E-state index contributed by atoms with van der Waals surface area (Å²) in [5.74, 6) is 0. The Labute approximate surface area is 115 Å². The molecule has 0 bridgehead atoms. The van der Waals surface area contributed by atoms with Crippen LogP contribution in [0.15, 0.2) is 18.5 Å². The zero-order valence-electron chi connectivity index (χ0n) is 11.6. The Bertz CT molecular complexity index is 369. The van der Waals surface area contributed by atoms with E-state index in [9.17, 15) is 0 Å². The summed E-state index contributed by atoms with van der Waals surface area (Å²) in [5, 5.41) is 4.26. The van der Waals surface area contributed by atoms with Gasteiger partial charge in [0.15, 0.2) is 0 Å². The van der Waals surface area contributed by atoms with Gasteiger partial charge in [-0.15, -0.1) is 0 Å². The number of likely N-dealkylation sites (tertiary alicyclic amines) is 2. The van der Waals surface area contributed by atoms with Crippen LogP contribution in [0.2, 0.25) is 0 Å². The molecule has 2 aliphatic rings. The number of hydrogen-bond donors (Lipinski definition) is 1. The van der Waals surface area contributed by atoms with Crippen molar-refractivity contribution in [3.63, 3.8) is 0 Å². The molecular formula is C14H25N5. The number of nitrogens with zero attached hydrogens (tertiary/aromatic N) is 4. The van der Waals surface area contributed by atoms with Crippen molar-refractivity contribution < 1.29 is 0 Å². The van der Waals surface area contributed by atoms with Crippen molar-refractivity contribution in [2.45, 2.75) is 37.9 Å². The summed E-state index contributed by atoms with van der Waals surface area (Å²) in [6.07, 6.45) is 7.55. The van der Waals surface area contributed by atoms with Gasteiger partial charge in [-0.05, 0) is 45.0 Å². The van der Waals surface area contributed by atoms with Gasteiger partial charge in [-0.3, -0.25) is 14.5 Å². The highest BCUT2D eigenvalue weighted by atomic mass is 15.3. The fraction of sp³-hybridized carbons (Fsp3) is 0.786. The quantitative estimate of drug-likeness (QED) is 0.853. The van der Waals surface area contributed by atoms with Crippen molar-refractivity contribution in [3.8, 4) is 0 Å². The molecule has 0 aromatic carbocycles. The Morgan fingerprint density at radius 2 is 1.95 bits per heavy atom. The lowest BCUT2D eigenvalue weighted by Gasteiger charge is -2.34. The van der Waals surface area contributed by atoms with E-state index in [1.807, 2.05) is 23.1 Å². The minimum absolute atomic E-state index is 0.438. The average Bonchev–Trinajstić information content (AvgIpc) is 3.09. The first-order chi connectivity index (χ1) is 9.31. The molecule has 2 fully saturated rings. The lowest BCUT2D eigenvalue weighted by atomic mass is 10.0. The van der Waals surface area contributed by atoms with Gasteiger partial charge < -0.3 is 5.73 Å². The van der Waals surface area contributed by atoms with E-state index in [1.165, 1.54) is 45.4 Å². The third-order valence-electron chi connectivity index (χ3n) is 4.54. The Kier molecular flexibility index (Phi) is 4.15. The van der Waals surface area contributed by atoms with Gasteiger partial charge in [0.25, 0.3) is 0 Å².